The van der Waals surface area contributed by atoms with Gasteiger partial charge in [-0.25, -0.2) is 0 Å². The normalized spacial score (nSPS) is 12.5. The first kappa shape index (κ1) is 69.6. The van der Waals surface area contributed by atoms with Gasteiger partial charge in [0.2, 0.25) is 0 Å². The summed E-state index contributed by atoms with van der Waals surface area (Å²) in [5.74, 6) is -0.649. The van der Waals surface area contributed by atoms with E-state index in [-0.39, 0.29) is 31.6 Å². The largest absolute Gasteiger partial charge is 0.462 e. The summed E-state index contributed by atoms with van der Waals surface area (Å²) in [4.78, 5) is 24.5. The highest BCUT2D eigenvalue weighted by atomic mass is 16.6. The van der Waals surface area contributed by atoms with Crippen molar-refractivity contribution >= 4 is 11.9 Å². The Kier molecular flexibility index (Phi) is 60.8. The molecular weight excluding hydrogens is 885 g/mol. The number of rotatable bonds is 59. The van der Waals surface area contributed by atoms with Gasteiger partial charge in [-0.15, -0.1) is 0 Å². The quantitative estimate of drug-likeness (QED) is 0.0373. The number of aliphatic hydroxyl groups excluding tert-OH is 1. The molecule has 1 atom stereocenters. The zero-order valence-corrected chi connectivity index (χ0v) is 48.2. The van der Waals surface area contributed by atoms with Gasteiger partial charge in [0.15, 0.2) is 6.10 Å². The number of hydrogen-bond donors (Lipinski definition) is 1. The fraction of sp³-hybridized carbons (Fsp3) is 0.821. The second kappa shape index (κ2) is 62.9. The summed E-state index contributed by atoms with van der Waals surface area (Å²) in [5.41, 5.74) is 0. The van der Waals surface area contributed by atoms with Gasteiger partial charge in [0.05, 0.1) is 6.61 Å². The minimum absolute atomic E-state index is 0.0877. The third-order valence-electron chi connectivity index (χ3n) is 14.3. The van der Waals surface area contributed by atoms with E-state index in [0.717, 1.165) is 57.8 Å². The molecule has 0 rings (SSSR count). The third-order valence-corrected chi connectivity index (χ3v) is 14.3. The minimum Gasteiger partial charge on any atom is -0.462 e. The van der Waals surface area contributed by atoms with Crippen LogP contribution in [-0.4, -0.2) is 36.4 Å². The second-order valence-corrected chi connectivity index (χ2v) is 21.5. The monoisotopic (exact) mass is 1010 g/mol. The molecule has 0 radical (unpaired) electrons. The van der Waals surface area contributed by atoms with Crippen LogP contribution in [0.5, 0.6) is 0 Å². The van der Waals surface area contributed by atoms with Crippen molar-refractivity contribution in [2.45, 2.75) is 341 Å². The predicted molar refractivity (Wildman–Crippen MR) is 316 cm³/mol. The van der Waals surface area contributed by atoms with Crippen LogP contribution >= 0.6 is 0 Å². The fourth-order valence-electron chi connectivity index (χ4n) is 9.60. The number of unbranched alkanes of at least 4 members (excludes halogenated alkanes) is 41. The van der Waals surface area contributed by atoms with Crippen LogP contribution in [-0.2, 0) is 19.1 Å². The molecule has 0 aliphatic heterocycles. The third kappa shape index (κ3) is 60.2. The summed E-state index contributed by atoms with van der Waals surface area (Å²) in [6.07, 6.45) is 85.6. The van der Waals surface area contributed by atoms with Gasteiger partial charge in [-0.3, -0.25) is 9.59 Å². The standard InChI is InChI=1S/C67H122O5/c1-3-5-7-9-11-13-15-17-19-21-22-23-24-25-26-27-28-29-30-31-32-33-34-35-36-37-38-39-40-41-42-43-44-46-47-49-51-53-55-57-59-61-66(69)71-64-65(63-68)72-67(70)62-60-58-56-54-52-50-48-45-20-18-16-14-12-10-8-6-4-2/h6,8,12,14,18,20,48,50,54,56,65,68H,3-5,7,9-11,13,15-17,19,21-47,49,51-53,55,57-64H2,1-2H3/b8-6-,14-12-,20-18-,50-48-,56-54-. The van der Waals surface area contributed by atoms with Gasteiger partial charge in [-0.05, 0) is 51.4 Å². The van der Waals surface area contributed by atoms with Crippen LogP contribution in [0.4, 0.5) is 0 Å². The van der Waals surface area contributed by atoms with Crippen LogP contribution in [0.15, 0.2) is 60.8 Å². The Hall–Kier alpha value is -2.40. The average Bonchev–Trinajstić information content (AvgIpc) is 3.38. The minimum atomic E-state index is -0.803. The molecule has 0 aromatic rings. The van der Waals surface area contributed by atoms with Crippen LogP contribution < -0.4 is 0 Å². The lowest BCUT2D eigenvalue weighted by Crippen LogP contribution is -2.28. The first-order valence-corrected chi connectivity index (χ1v) is 31.8. The molecule has 0 aromatic carbocycles. The first-order valence-electron chi connectivity index (χ1n) is 31.8. The zero-order chi connectivity index (χ0) is 52.0. The molecule has 0 heterocycles. The van der Waals surface area contributed by atoms with Gasteiger partial charge in [0, 0.05) is 12.8 Å². The number of carbonyl (C=O) groups is 2. The highest BCUT2D eigenvalue weighted by molar-refractivity contribution is 5.70. The Morgan fingerprint density at radius 3 is 0.889 bits per heavy atom. The van der Waals surface area contributed by atoms with Crippen LogP contribution in [0.2, 0.25) is 0 Å². The van der Waals surface area contributed by atoms with E-state index in [0.29, 0.717) is 12.8 Å². The molecule has 0 spiro atoms. The van der Waals surface area contributed by atoms with Gasteiger partial charge in [-0.1, -0.05) is 331 Å². The lowest BCUT2D eigenvalue weighted by Gasteiger charge is -2.15. The molecule has 0 aliphatic rings. The van der Waals surface area contributed by atoms with E-state index in [1.165, 1.54) is 244 Å². The molecule has 72 heavy (non-hydrogen) atoms. The summed E-state index contributed by atoms with van der Waals surface area (Å²) >= 11 is 0. The molecule has 0 saturated heterocycles. The summed E-state index contributed by atoms with van der Waals surface area (Å²) in [5, 5.41) is 9.63. The van der Waals surface area contributed by atoms with Gasteiger partial charge in [0.1, 0.15) is 6.61 Å². The van der Waals surface area contributed by atoms with E-state index >= 15 is 0 Å². The van der Waals surface area contributed by atoms with E-state index in [2.05, 4.69) is 74.6 Å². The molecule has 0 aromatic heterocycles. The zero-order valence-electron chi connectivity index (χ0n) is 48.2. The first-order chi connectivity index (χ1) is 35.6. The summed E-state index contributed by atoms with van der Waals surface area (Å²) in [6, 6.07) is 0. The van der Waals surface area contributed by atoms with Crippen molar-refractivity contribution in [1.82, 2.24) is 0 Å². The van der Waals surface area contributed by atoms with Crippen LogP contribution in [0.1, 0.15) is 335 Å². The number of hydrogen-bond acceptors (Lipinski definition) is 5. The van der Waals surface area contributed by atoms with Crippen LogP contribution in [0, 0.1) is 0 Å². The van der Waals surface area contributed by atoms with Crippen molar-refractivity contribution in [3.05, 3.63) is 60.8 Å². The van der Waals surface area contributed by atoms with Crippen LogP contribution in [0.25, 0.3) is 0 Å². The van der Waals surface area contributed by atoms with E-state index in [1.807, 2.05) is 0 Å². The number of ether oxygens (including phenoxy) is 2. The Bertz CT molecular complexity index is 1230. The average molecular weight is 1010 g/mol. The highest BCUT2D eigenvalue weighted by Crippen LogP contribution is 2.18. The van der Waals surface area contributed by atoms with Gasteiger partial charge < -0.3 is 14.6 Å². The maximum atomic E-state index is 12.2. The molecule has 1 N–H and O–H groups in total. The Labute approximate surface area is 449 Å². The maximum absolute atomic E-state index is 12.2. The Morgan fingerprint density at radius 1 is 0.333 bits per heavy atom. The lowest BCUT2D eigenvalue weighted by molar-refractivity contribution is -0.161. The molecule has 0 amide bonds. The van der Waals surface area contributed by atoms with Crippen molar-refractivity contribution in [2.75, 3.05) is 13.2 Å². The van der Waals surface area contributed by atoms with Crippen molar-refractivity contribution in [3.8, 4) is 0 Å². The molecule has 0 aliphatic carbocycles. The Morgan fingerprint density at radius 2 is 0.597 bits per heavy atom. The van der Waals surface area contributed by atoms with E-state index in [4.69, 9.17) is 9.47 Å². The van der Waals surface area contributed by atoms with Gasteiger partial charge in [0.25, 0.3) is 0 Å². The summed E-state index contributed by atoms with van der Waals surface area (Å²) in [7, 11) is 0. The molecule has 420 valence electrons. The number of aliphatic hydroxyl groups is 1. The molecule has 1 unspecified atom stereocenters. The fourth-order valence-corrected chi connectivity index (χ4v) is 9.60. The topological polar surface area (TPSA) is 72.8 Å². The molecule has 5 heteroatoms. The van der Waals surface area contributed by atoms with E-state index in [9.17, 15) is 14.7 Å². The smallest absolute Gasteiger partial charge is 0.306 e. The van der Waals surface area contributed by atoms with E-state index < -0.39 is 6.10 Å². The van der Waals surface area contributed by atoms with Gasteiger partial charge >= 0.3 is 11.9 Å². The van der Waals surface area contributed by atoms with E-state index in [1.54, 1.807) is 0 Å². The maximum Gasteiger partial charge on any atom is 0.306 e. The molecule has 0 fully saturated rings. The van der Waals surface area contributed by atoms with Gasteiger partial charge in [-0.2, -0.15) is 0 Å². The second-order valence-electron chi connectivity index (χ2n) is 21.5. The van der Waals surface area contributed by atoms with Crippen molar-refractivity contribution in [3.63, 3.8) is 0 Å². The predicted octanol–water partition coefficient (Wildman–Crippen LogP) is 21.8. The summed E-state index contributed by atoms with van der Waals surface area (Å²) in [6.45, 7) is 4.01. The van der Waals surface area contributed by atoms with Crippen molar-refractivity contribution in [1.29, 1.82) is 0 Å². The molecule has 0 saturated carbocycles. The summed E-state index contributed by atoms with van der Waals surface area (Å²) < 4.78 is 10.7. The number of esters is 2. The molecule has 5 nitrogen and oxygen atoms in total. The highest BCUT2D eigenvalue weighted by Gasteiger charge is 2.16. The van der Waals surface area contributed by atoms with Crippen LogP contribution in [0.3, 0.4) is 0 Å². The SMILES string of the molecule is CC/C=C\C/C=C\C/C=C\C/C=C\C/C=C\CCCC(=O)OC(CO)COC(=O)CCCCCCCCCCCCCCCCCCCCCCCCCCCCCCCCCCCCCCCCCCC. The van der Waals surface area contributed by atoms with Crippen molar-refractivity contribution < 1.29 is 24.2 Å². The number of carbonyl (C=O) groups excluding carboxylic acids is 2. The Balaban J connectivity index is 3.38. The van der Waals surface area contributed by atoms with Crippen molar-refractivity contribution in [2.24, 2.45) is 0 Å². The molecular formula is C67H122O5. The lowest BCUT2D eigenvalue weighted by atomic mass is 10.0. The number of allylic oxidation sites excluding steroid dienone is 10. The molecule has 0 bridgehead atoms.